The molecule has 2 aromatic rings. The maximum Gasteiger partial charge on any atom is 0.408 e. The van der Waals surface area contributed by atoms with Crippen LogP contribution in [0.25, 0.3) is 0 Å². The van der Waals surface area contributed by atoms with Crippen molar-refractivity contribution in [2.45, 2.75) is 25.1 Å². The third-order valence-electron chi connectivity index (χ3n) is 3.05. The zero-order valence-corrected chi connectivity index (χ0v) is 11.8. The van der Waals surface area contributed by atoms with Gasteiger partial charge in [-0.1, -0.05) is 41.9 Å². The molecule has 1 heterocycles. The number of nitro groups is 1. The molecule has 7 nitrogen and oxygen atoms in total. The van der Waals surface area contributed by atoms with E-state index in [-0.39, 0.29) is 11.6 Å². The summed E-state index contributed by atoms with van der Waals surface area (Å²) < 4.78 is 1.23. The van der Waals surface area contributed by atoms with Crippen LogP contribution in [0.1, 0.15) is 5.56 Å². The molecule has 0 fully saturated rings. The summed E-state index contributed by atoms with van der Waals surface area (Å²) in [6.07, 6.45) is 0.915. The number of hydrogen-bond donors (Lipinski definition) is 2. The van der Waals surface area contributed by atoms with E-state index in [1.807, 2.05) is 30.3 Å². The molecule has 0 aliphatic rings. The number of halogens is 1. The Morgan fingerprint density at radius 1 is 1.43 bits per heavy atom. The molecule has 0 saturated heterocycles. The minimum atomic E-state index is -0.888. The summed E-state index contributed by atoms with van der Waals surface area (Å²) in [5.41, 5.74) is 6.95. The predicted molar refractivity (Wildman–Crippen MR) is 78.0 cm³/mol. The third-order valence-corrected chi connectivity index (χ3v) is 3.32. The van der Waals surface area contributed by atoms with Crippen molar-refractivity contribution in [1.82, 2.24) is 9.78 Å². The monoisotopic (exact) mass is 310 g/mol. The van der Waals surface area contributed by atoms with Crippen LogP contribution in [0.5, 0.6) is 0 Å². The maximum absolute atomic E-state index is 10.7. The van der Waals surface area contributed by atoms with Gasteiger partial charge in [-0.05, 0) is 16.9 Å². The fourth-order valence-electron chi connectivity index (χ4n) is 1.95. The van der Waals surface area contributed by atoms with Crippen molar-refractivity contribution in [1.29, 1.82) is 0 Å². The summed E-state index contributed by atoms with van der Waals surface area (Å²) in [5.74, 6) is -0.430. The Morgan fingerprint density at radius 3 is 2.67 bits per heavy atom. The van der Waals surface area contributed by atoms with Crippen molar-refractivity contribution in [2.75, 3.05) is 0 Å². The van der Waals surface area contributed by atoms with E-state index in [0.29, 0.717) is 6.42 Å². The summed E-state index contributed by atoms with van der Waals surface area (Å²) in [5, 5.41) is 24.4. The van der Waals surface area contributed by atoms with Gasteiger partial charge in [-0.25, -0.2) is 0 Å². The zero-order valence-electron chi connectivity index (χ0n) is 11.1. The second-order valence-electron chi connectivity index (χ2n) is 4.70. The summed E-state index contributed by atoms with van der Waals surface area (Å²) in [6.45, 7) is 0.0432. The number of benzene rings is 1. The zero-order chi connectivity index (χ0) is 15.4. The lowest BCUT2D eigenvalue weighted by atomic mass is 10.0. The lowest BCUT2D eigenvalue weighted by Gasteiger charge is -2.17. The number of nitrogens with zero attached hydrogens (tertiary/aromatic N) is 3. The molecule has 1 aromatic heterocycles. The molecular weight excluding hydrogens is 296 g/mol. The molecule has 8 heteroatoms. The number of hydrogen-bond acceptors (Lipinski definition) is 5. The van der Waals surface area contributed by atoms with Crippen LogP contribution in [0.3, 0.4) is 0 Å². The van der Waals surface area contributed by atoms with Crippen molar-refractivity contribution in [3.63, 3.8) is 0 Å². The molecule has 2 unspecified atom stereocenters. The smallest absolute Gasteiger partial charge is 0.389 e. The van der Waals surface area contributed by atoms with E-state index in [0.717, 1.165) is 5.56 Å². The van der Waals surface area contributed by atoms with Gasteiger partial charge in [-0.3, -0.25) is 0 Å². The number of aliphatic hydroxyl groups excluding tert-OH is 1. The minimum Gasteiger partial charge on any atom is -0.389 e. The van der Waals surface area contributed by atoms with Crippen molar-refractivity contribution in [3.8, 4) is 0 Å². The highest BCUT2D eigenvalue weighted by Gasteiger charge is 2.23. The second-order valence-corrected chi connectivity index (χ2v) is 5.11. The fourth-order valence-corrected chi connectivity index (χ4v) is 2.17. The summed E-state index contributed by atoms with van der Waals surface area (Å²) in [6, 6.07) is 9.02. The van der Waals surface area contributed by atoms with Gasteiger partial charge >= 0.3 is 5.82 Å². The van der Waals surface area contributed by atoms with E-state index >= 15 is 0 Å². The van der Waals surface area contributed by atoms with Gasteiger partial charge in [0.15, 0.2) is 5.02 Å². The van der Waals surface area contributed by atoms with Gasteiger partial charge in [0, 0.05) is 6.04 Å². The van der Waals surface area contributed by atoms with E-state index in [1.54, 1.807) is 0 Å². The van der Waals surface area contributed by atoms with Gasteiger partial charge in [0.05, 0.1) is 23.9 Å². The van der Waals surface area contributed by atoms with Gasteiger partial charge in [0.2, 0.25) is 0 Å². The number of aromatic nitrogens is 2. The van der Waals surface area contributed by atoms with E-state index in [4.69, 9.17) is 17.3 Å². The van der Waals surface area contributed by atoms with Crippen LogP contribution in [-0.2, 0) is 13.0 Å². The third kappa shape index (κ3) is 4.01. The van der Waals surface area contributed by atoms with Crippen molar-refractivity contribution in [3.05, 3.63) is 57.2 Å². The Balaban J connectivity index is 1.99. The molecule has 0 aliphatic heterocycles. The first-order valence-corrected chi connectivity index (χ1v) is 6.70. The van der Waals surface area contributed by atoms with Gasteiger partial charge in [-0.2, -0.15) is 4.68 Å². The van der Waals surface area contributed by atoms with Gasteiger partial charge < -0.3 is 21.0 Å². The van der Waals surface area contributed by atoms with Crippen LogP contribution in [0.15, 0.2) is 36.5 Å². The molecule has 1 aromatic carbocycles. The average Bonchev–Trinajstić information content (AvgIpc) is 2.80. The first-order valence-electron chi connectivity index (χ1n) is 6.32. The molecule has 0 bridgehead atoms. The molecule has 2 rings (SSSR count). The van der Waals surface area contributed by atoms with Crippen molar-refractivity contribution < 1.29 is 10.0 Å². The number of nitrogens with two attached hydrogens (primary N) is 1. The van der Waals surface area contributed by atoms with E-state index in [2.05, 4.69) is 5.10 Å². The molecule has 112 valence electrons. The van der Waals surface area contributed by atoms with E-state index in [1.165, 1.54) is 10.9 Å². The quantitative estimate of drug-likeness (QED) is 0.619. The largest absolute Gasteiger partial charge is 0.408 e. The minimum absolute atomic E-state index is 0.0432. The van der Waals surface area contributed by atoms with Gasteiger partial charge in [0.1, 0.15) is 0 Å². The molecule has 0 saturated carbocycles. The van der Waals surface area contributed by atoms with Crippen molar-refractivity contribution in [2.24, 2.45) is 5.73 Å². The summed E-state index contributed by atoms with van der Waals surface area (Å²) in [7, 11) is 0. The van der Waals surface area contributed by atoms with Gasteiger partial charge in [0.25, 0.3) is 0 Å². The SMILES string of the molecule is NC(Cc1ccccc1)C(O)Cn1cc(Cl)c([N+](=O)[O-])n1. The molecule has 2 atom stereocenters. The Bertz CT molecular complexity index is 617. The molecule has 0 radical (unpaired) electrons. The second kappa shape index (κ2) is 6.66. The lowest BCUT2D eigenvalue weighted by Crippen LogP contribution is -2.39. The highest BCUT2D eigenvalue weighted by molar-refractivity contribution is 6.32. The Morgan fingerprint density at radius 2 is 2.10 bits per heavy atom. The average molecular weight is 311 g/mol. The normalized spacial score (nSPS) is 13.9. The molecule has 0 spiro atoms. The van der Waals surface area contributed by atoms with Crippen LogP contribution in [-0.4, -0.2) is 32.0 Å². The predicted octanol–water partition coefficient (Wildman–Crippen LogP) is 1.38. The fraction of sp³-hybridized carbons (Fsp3) is 0.308. The standard InChI is InChI=1S/C13H15ClN4O3/c14-10-7-17(16-13(10)18(20)21)8-12(19)11(15)6-9-4-2-1-3-5-9/h1-5,7,11-12,19H,6,8,15H2. The summed E-state index contributed by atoms with van der Waals surface area (Å²) >= 11 is 5.69. The Labute approximate surface area is 126 Å². The molecule has 0 aliphatic carbocycles. The highest BCUT2D eigenvalue weighted by Crippen LogP contribution is 2.21. The van der Waals surface area contributed by atoms with Crippen LogP contribution < -0.4 is 5.73 Å². The topological polar surface area (TPSA) is 107 Å². The maximum atomic E-state index is 10.7. The van der Waals surface area contributed by atoms with Crippen LogP contribution >= 0.6 is 11.6 Å². The van der Waals surface area contributed by atoms with E-state index < -0.39 is 22.9 Å². The van der Waals surface area contributed by atoms with Crippen LogP contribution in [0, 0.1) is 10.1 Å². The van der Waals surface area contributed by atoms with Gasteiger partial charge in [-0.15, -0.1) is 0 Å². The van der Waals surface area contributed by atoms with E-state index in [9.17, 15) is 15.2 Å². The summed E-state index contributed by atoms with van der Waals surface area (Å²) in [4.78, 5) is 9.98. The first kappa shape index (κ1) is 15.4. The molecule has 0 amide bonds. The van der Waals surface area contributed by atoms with Crippen LogP contribution in [0.4, 0.5) is 5.82 Å². The van der Waals surface area contributed by atoms with Crippen molar-refractivity contribution >= 4 is 17.4 Å². The Hall–Kier alpha value is -1.96. The number of aliphatic hydroxyl groups is 1. The van der Waals surface area contributed by atoms with Crippen LogP contribution in [0.2, 0.25) is 5.02 Å². The Kier molecular flexibility index (Phi) is 4.89. The molecule has 3 N–H and O–H groups in total. The lowest BCUT2D eigenvalue weighted by molar-refractivity contribution is -0.389. The highest BCUT2D eigenvalue weighted by atomic mass is 35.5. The number of rotatable bonds is 6. The molecule has 21 heavy (non-hydrogen) atoms. The first-order chi connectivity index (χ1) is 9.97. The molecular formula is C13H15ClN4O3.